The molecule has 1 atom stereocenters. The molecule has 158 valence electrons. The van der Waals surface area contributed by atoms with Crippen LogP contribution in [0.4, 0.5) is 0 Å². The first-order valence-corrected chi connectivity index (χ1v) is 11.7. The van der Waals surface area contributed by atoms with Crippen LogP contribution in [0.1, 0.15) is 33.8 Å². The Hall–Kier alpha value is -2.02. The van der Waals surface area contributed by atoms with E-state index in [1.54, 1.807) is 11.8 Å². The number of hydrogen-bond acceptors (Lipinski definition) is 4. The van der Waals surface area contributed by atoms with Crippen molar-refractivity contribution in [2.45, 2.75) is 18.8 Å². The summed E-state index contributed by atoms with van der Waals surface area (Å²) in [7, 11) is 0. The van der Waals surface area contributed by atoms with Crippen molar-refractivity contribution in [2.75, 3.05) is 38.5 Å². The number of halogens is 1. The van der Waals surface area contributed by atoms with Gasteiger partial charge in [0.1, 0.15) is 5.37 Å². The Morgan fingerprint density at radius 3 is 2.33 bits per heavy atom. The molecule has 2 heterocycles. The van der Waals surface area contributed by atoms with Crippen molar-refractivity contribution in [2.24, 2.45) is 0 Å². The van der Waals surface area contributed by atoms with Gasteiger partial charge in [0.2, 0.25) is 5.91 Å². The smallest absolute Gasteiger partial charge is 0.253 e. The minimum Gasteiger partial charge on any atom is -0.336 e. The van der Waals surface area contributed by atoms with E-state index in [0.717, 1.165) is 43.9 Å². The minimum absolute atomic E-state index is 0.0366. The summed E-state index contributed by atoms with van der Waals surface area (Å²) in [6, 6.07) is 15.4. The van der Waals surface area contributed by atoms with E-state index < -0.39 is 0 Å². The fourth-order valence-corrected chi connectivity index (χ4v) is 5.24. The average Bonchev–Trinajstić information content (AvgIpc) is 3.15. The Labute approximate surface area is 187 Å². The zero-order valence-corrected chi connectivity index (χ0v) is 18.7. The summed E-state index contributed by atoms with van der Waals surface area (Å²) in [6.45, 7) is 7.14. The Bertz CT molecular complexity index is 896. The Morgan fingerprint density at radius 2 is 1.70 bits per heavy atom. The van der Waals surface area contributed by atoms with Crippen LogP contribution in [0.3, 0.4) is 0 Å². The lowest BCUT2D eigenvalue weighted by Gasteiger charge is -2.34. The highest BCUT2D eigenvalue weighted by molar-refractivity contribution is 8.00. The lowest BCUT2D eigenvalue weighted by molar-refractivity contribution is -0.128. The molecule has 0 bridgehead atoms. The molecule has 2 saturated heterocycles. The van der Waals surface area contributed by atoms with Gasteiger partial charge in [-0.2, -0.15) is 0 Å². The first-order valence-electron chi connectivity index (χ1n) is 10.3. The van der Waals surface area contributed by atoms with E-state index in [1.165, 1.54) is 0 Å². The summed E-state index contributed by atoms with van der Waals surface area (Å²) < 4.78 is 0. The van der Waals surface area contributed by atoms with E-state index in [9.17, 15) is 9.59 Å². The highest BCUT2D eigenvalue weighted by Crippen LogP contribution is 2.39. The first kappa shape index (κ1) is 21.2. The maximum absolute atomic E-state index is 12.8. The molecular weight excluding hydrogens is 418 g/mol. The van der Waals surface area contributed by atoms with Crippen molar-refractivity contribution >= 4 is 35.2 Å². The number of nitrogens with zero attached hydrogens (tertiary/aromatic N) is 3. The van der Waals surface area contributed by atoms with Gasteiger partial charge in [-0.15, -0.1) is 11.8 Å². The SMILES string of the molecule is CCN1CCN(C(=O)c2ccc([C@@H]3SCC(=O)N3Cc3ccc(Cl)cc3)cc2)CC1. The second-order valence-electron chi connectivity index (χ2n) is 7.66. The van der Waals surface area contributed by atoms with Gasteiger partial charge < -0.3 is 14.7 Å². The number of likely N-dealkylation sites (N-methyl/N-ethyl adjacent to an activating group) is 1. The van der Waals surface area contributed by atoms with Gasteiger partial charge in [0.05, 0.1) is 5.75 Å². The number of rotatable bonds is 5. The number of benzene rings is 2. The molecule has 2 aromatic carbocycles. The summed E-state index contributed by atoms with van der Waals surface area (Å²) in [5.41, 5.74) is 2.81. The van der Waals surface area contributed by atoms with Crippen LogP contribution in [-0.4, -0.2) is 65.0 Å². The van der Waals surface area contributed by atoms with Crippen molar-refractivity contribution in [3.63, 3.8) is 0 Å². The molecule has 2 aliphatic heterocycles. The monoisotopic (exact) mass is 443 g/mol. The lowest BCUT2D eigenvalue weighted by Crippen LogP contribution is -2.48. The molecular formula is C23H26ClN3O2S. The van der Waals surface area contributed by atoms with Gasteiger partial charge in [0, 0.05) is 43.3 Å². The Kier molecular flexibility index (Phi) is 6.66. The van der Waals surface area contributed by atoms with Crippen LogP contribution in [-0.2, 0) is 11.3 Å². The van der Waals surface area contributed by atoms with E-state index >= 15 is 0 Å². The number of hydrogen-bond donors (Lipinski definition) is 0. The number of amides is 2. The molecule has 2 aromatic rings. The van der Waals surface area contributed by atoms with Crippen LogP contribution >= 0.6 is 23.4 Å². The van der Waals surface area contributed by atoms with Crippen LogP contribution in [0.15, 0.2) is 48.5 Å². The van der Waals surface area contributed by atoms with E-state index in [1.807, 2.05) is 58.3 Å². The molecule has 0 aromatic heterocycles. The van der Waals surface area contributed by atoms with Crippen molar-refractivity contribution in [1.82, 2.24) is 14.7 Å². The topological polar surface area (TPSA) is 43.9 Å². The molecule has 2 fully saturated rings. The van der Waals surface area contributed by atoms with Gasteiger partial charge in [-0.3, -0.25) is 9.59 Å². The quantitative estimate of drug-likeness (QED) is 0.703. The predicted octanol–water partition coefficient (Wildman–Crippen LogP) is 3.89. The molecule has 0 radical (unpaired) electrons. The lowest BCUT2D eigenvalue weighted by atomic mass is 10.1. The molecule has 0 saturated carbocycles. The number of piperazine rings is 1. The molecule has 0 unspecified atom stereocenters. The normalized spacial score (nSPS) is 20.1. The molecule has 4 rings (SSSR count). The minimum atomic E-state index is -0.0366. The van der Waals surface area contributed by atoms with Gasteiger partial charge in [0.15, 0.2) is 0 Å². The van der Waals surface area contributed by atoms with Crippen LogP contribution in [0.2, 0.25) is 5.02 Å². The number of thioether (sulfide) groups is 1. The first-order chi connectivity index (χ1) is 14.5. The van der Waals surface area contributed by atoms with Crippen molar-refractivity contribution < 1.29 is 9.59 Å². The number of carbonyl (C=O) groups is 2. The fourth-order valence-electron chi connectivity index (χ4n) is 3.93. The van der Waals surface area contributed by atoms with Gasteiger partial charge in [-0.05, 0) is 41.9 Å². The van der Waals surface area contributed by atoms with E-state index in [0.29, 0.717) is 22.9 Å². The molecule has 0 spiro atoms. The van der Waals surface area contributed by atoms with Gasteiger partial charge in [0.25, 0.3) is 5.91 Å². The van der Waals surface area contributed by atoms with Gasteiger partial charge in [-0.1, -0.05) is 42.8 Å². The highest BCUT2D eigenvalue weighted by atomic mass is 35.5. The Morgan fingerprint density at radius 1 is 1.03 bits per heavy atom. The molecule has 5 nitrogen and oxygen atoms in total. The fraction of sp³-hybridized carbons (Fsp3) is 0.391. The van der Waals surface area contributed by atoms with Gasteiger partial charge >= 0.3 is 0 Å². The van der Waals surface area contributed by atoms with Crippen molar-refractivity contribution in [3.05, 3.63) is 70.2 Å². The maximum Gasteiger partial charge on any atom is 0.253 e. The van der Waals surface area contributed by atoms with E-state index in [-0.39, 0.29) is 17.2 Å². The third kappa shape index (κ3) is 4.66. The zero-order valence-electron chi connectivity index (χ0n) is 17.1. The van der Waals surface area contributed by atoms with Crippen LogP contribution in [0.25, 0.3) is 0 Å². The van der Waals surface area contributed by atoms with E-state index in [4.69, 9.17) is 11.6 Å². The summed E-state index contributed by atoms with van der Waals surface area (Å²) in [6.07, 6.45) is 0. The number of carbonyl (C=O) groups excluding carboxylic acids is 2. The maximum atomic E-state index is 12.8. The van der Waals surface area contributed by atoms with Crippen LogP contribution < -0.4 is 0 Å². The molecule has 0 N–H and O–H groups in total. The molecule has 0 aliphatic carbocycles. The average molecular weight is 444 g/mol. The van der Waals surface area contributed by atoms with Crippen molar-refractivity contribution in [1.29, 1.82) is 0 Å². The van der Waals surface area contributed by atoms with E-state index in [2.05, 4.69) is 11.8 Å². The van der Waals surface area contributed by atoms with Gasteiger partial charge in [-0.25, -0.2) is 0 Å². The second kappa shape index (κ2) is 9.41. The van der Waals surface area contributed by atoms with Crippen molar-refractivity contribution in [3.8, 4) is 0 Å². The van der Waals surface area contributed by atoms with Crippen LogP contribution in [0.5, 0.6) is 0 Å². The molecule has 2 aliphatic rings. The third-order valence-corrected chi connectivity index (χ3v) is 7.29. The van der Waals surface area contributed by atoms with Crippen LogP contribution in [0, 0.1) is 0 Å². The predicted molar refractivity (Wildman–Crippen MR) is 122 cm³/mol. The summed E-state index contributed by atoms with van der Waals surface area (Å²) in [5, 5.41) is 0.652. The Balaban J connectivity index is 1.44. The second-order valence-corrected chi connectivity index (χ2v) is 9.16. The highest BCUT2D eigenvalue weighted by Gasteiger charge is 2.33. The third-order valence-electron chi connectivity index (χ3n) is 5.78. The molecule has 2 amide bonds. The largest absolute Gasteiger partial charge is 0.336 e. The summed E-state index contributed by atoms with van der Waals surface area (Å²) in [5.74, 6) is 0.695. The molecule has 30 heavy (non-hydrogen) atoms. The summed E-state index contributed by atoms with van der Waals surface area (Å²) in [4.78, 5) is 31.5. The standard InChI is InChI=1S/C23H26ClN3O2S/c1-2-25-11-13-26(14-12-25)22(29)18-5-7-19(8-6-18)23-27(21(28)16-30-23)15-17-3-9-20(24)10-4-17/h3-10,23H,2,11-16H2,1H3/t23-/m0/s1. The summed E-state index contributed by atoms with van der Waals surface area (Å²) >= 11 is 7.60. The zero-order chi connectivity index (χ0) is 21.1. The molecule has 7 heteroatoms.